The second-order valence-corrected chi connectivity index (χ2v) is 9.33. The topological polar surface area (TPSA) is 70.1 Å². The molecule has 3 aromatic rings. The molecular weight excluding hydrogens is 511 g/mol. The fraction of sp³-hybridized carbons (Fsp3) is 0.241. The Hall–Kier alpha value is -3.48. The molecule has 0 radical (unpaired) electrons. The normalized spacial score (nSPS) is 16.8. The van der Waals surface area contributed by atoms with Crippen LogP contribution in [-0.2, 0) is 9.59 Å². The van der Waals surface area contributed by atoms with Gasteiger partial charge in [-0.2, -0.15) is 0 Å². The summed E-state index contributed by atoms with van der Waals surface area (Å²) in [4.78, 5) is 30.4. The minimum Gasteiger partial charge on any atom is -0.507 e. The summed E-state index contributed by atoms with van der Waals surface area (Å²) in [5, 5.41) is 12.3. The molecule has 6 nitrogen and oxygen atoms in total. The Balaban J connectivity index is 1.89. The zero-order valence-corrected chi connectivity index (χ0v) is 22.4. The van der Waals surface area contributed by atoms with Crippen molar-refractivity contribution in [2.45, 2.75) is 26.8 Å². The lowest BCUT2D eigenvalue weighted by molar-refractivity contribution is -0.132. The molecule has 37 heavy (non-hydrogen) atoms. The molecule has 1 N–H and O–H groups in total. The third-order valence-corrected chi connectivity index (χ3v) is 6.96. The van der Waals surface area contributed by atoms with E-state index in [9.17, 15) is 14.7 Å². The number of hydrogen-bond acceptors (Lipinski definition) is 5. The van der Waals surface area contributed by atoms with E-state index in [-0.39, 0.29) is 11.3 Å². The molecule has 1 fully saturated rings. The molecule has 0 aromatic heterocycles. The maximum absolute atomic E-state index is 13.4. The van der Waals surface area contributed by atoms with Crippen LogP contribution in [0.1, 0.15) is 37.9 Å². The molecule has 0 saturated carbocycles. The summed E-state index contributed by atoms with van der Waals surface area (Å²) in [7, 11) is 0. The zero-order valence-electron chi connectivity index (χ0n) is 20.9. The first kappa shape index (κ1) is 26.6. The molecule has 8 heteroatoms. The Morgan fingerprint density at radius 1 is 0.946 bits per heavy atom. The highest BCUT2D eigenvalue weighted by atomic mass is 35.5. The van der Waals surface area contributed by atoms with Gasteiger partial charge in [0.2, 0.25) is 0 Å². The summed E-state index contributed by atoms with van der Waals surface area (Å²) >= 11 is 12.3. The third-order valence-electron chi connectivity index (χ3n) is 6.39. The smallest absolute Gasteiger partial charge is 0.300 e. The van der Waals surface area contributed by atoms with Gasteiger partial charge in [-0.05, 0) is 80.9 Å². The highest BCUT2D eigenvalue weighted by molar-refractivity contribution is 6.51. The van der Waals surface area contributed by atoms with E-state index in [2.05, 4.69) is 18.7 Å². The average Bonchev–Trinajstić information content (AvgIpc) is 3.17. The summed E-state index contributed by atoms with van der Waals surface area (Å²) in [6.07, 6.45) is 0. The van der Waals surface area contributed by atoms with E-state index >= 15 is 0 Å². The van der Waals surface area contributed by atoms with Crippen molar-refractivity contribution in [1.82, 2.24) is 0 Å². The van der Waals surface area contributed by atoms with E-state index in [0.29, 0.717) is 39.2 Å². The van der Waals surface area contributed by atoms with Gasteiger partial charge in [-0.25, -0.2) is 0 Å². The van der Waals surface area contributed by atoms with Gasteiger partial charge >= 0.3 is 0 Å². The van der Waals surface area contributed by atoms with Crippen LogP contribution in [0.15, 0.2) is 72.3 Å². The van der Waals surface area contributed by atoms with Gasteiger partial charge in [-0.15, -0.1) is 0 Å². The van der Waals surface area contributed by atoms with Crippen LogP contribution in [-0.4, -0.2) is 36.5 Å². The molecule has 4 rings (SSSR count). The van der Waals surface area contributed by atoms with Crippen molar-refractivity contribution < 1.29 is 19.4 Å². The monoisotopic (exact) mass is 538 g/mol. The van der Waals surface area contributed by atoms with E-state index in [1.54, 1.807) is 42.5 Å². The Morgan fingerprint density at radius 2 is 1.59 bits per heavy atom. The molecule has 1 atom stereocenters. The van der Waals surface area contributed by atoms with Crippen LogP contribution in [0.3, 0.4) is 0 Å². The molecule has 1 heterocycles. The lowest BCUT2D eigenvalue weighted by Gasteiger charge is -2.27. The Labute approximate surface area is 226 Å². The molecule has 1 aliphatic heterocycles. The lowest BCUT2D eigenvalue weighted by Crippen LogP contribution is -2.29. The highest BCUT2D eigenvalue weighted by Crippen LogP contribution is 2.43. The number of rotatable bonds is 8. The van der Waals surface area contributed by atoms with Crippen LogP contribution in [0, 0.1) is 0 Å². The maximum Gasteiger partial charge on any atom is 0.300 e. The van der Waals surface area contributed by atoms with Crippen molar-refractivity contribution in [2.75, 3.05) is 29.5 Å². The SMILES string of the molecule is CCOc1cc(/C(O)=C2/C(=O)C(=O)N(c3ccc(Cl)cc3)C2c2ccc(N(CC)CC)cc2)ccc1Cl. The second kappa shape index (κ2) is 11.3. The van der Waals surface area contributed by atoms with E-state index in [0.717, 1.165) is 18.8 Å². The van der Waals surface area contributed by atoms with Crippen LogP contribution in [0.4, 0.5) is 11.4 Å². The van der Waals surface area contributed by atoms with Gasteiger partial charge in [-0.3, -0.25) is 14.5 Å². The van der Waals surface area contributed by atoms with Gasteiger partial charge in [-0.1, -0.05) is 35.3 Å². The molecule has 0 bridgehead atoms. The van der Waals surface area contributed by atoms with Crippen molar-refractivity contribution in [3.8, 4) is 5.75 Å². The maximum atomic E-state index is 13.4. The number of carbonyl (C=O) groups is 2. The number of ketones is 1. The molecule has 0 aliphatic carbocycles. The minimum absolute atomic E-state index is 0.0136. The molecule has 1 amide bonds. The van der Waals surface area contributed by atoms with Crippen molar-refractivity contribution in [2.24, 2.45) is 0 Å². The number of hydrogen-bond donors (Lipinski definition) is 1. The van der Waals surface area contributed by atoms with E-state index < -0.39 is 17.7 Å². The summed E-state index contributed by atoms with van der Waals surface area (Å²) in [6, 6.07) is 18.3. The Kier molecular flexibility index (Phi) is 8.10. The summed E-state index contributed by atoms with van der Waals surface area (Å²) in [6.45, 7) is 8.05. The van der Waals surface area contributed by atoms with Crippen molar-refractivity contribution >= 4 is 52.0 Å². The van der Waals surface area contributed by atoms with E-state index in [1.807, 2.05) is 31.2 Å². The molecule has 0 spiro atoms. The molecular formula is C29H28Cl2N2O4. The number of aliphatic hydroxyl groups excluding tert-OH is 1. The predicted octanol–water partition coefficient (Wildman–Crippen LogP) is 6.86. The first-order chi connectivity index (χ1) is 17.8. The number of anilines is 2. The number of amides is 1. The quantitative estimate of drug-likeness (QED) is 0.192. The van der Waals surface area contributed by atoms with Gasteiger partial charge in [0.1, 0.15) is 11.5 Å². The van der Waals surface area contributed by atoms with Gasteiger partial charge in [0.25, 0.3) is 11.7 Å². The second-order valence-electron chi connectivity index (χ2n) is 8.49. The number of ether oxygens (including phenoxy) is 1. The Bertz CT molecular complexity index is 1330. The molecule has 1 unspecified atom stereocenters. The van der Waals surface area contributed by atoms with Crippen molar-refractivity contribution in [3.05, 3.63) is 93.5 Å². The molecule has 1 aliphatic rings. The standard InChI is InChI=1S/C29H28Cl2N2O4/c1-4-32(5-2)21-12-7-18(8-13-21)26-25(27(34)19-9-16-23(31)24(17-19)37-6-3)28(35)29(36)33(26)22-14-10-20(30)11-15-22/h7-17,26,34H,4-6H2,1-3H3/b27-25-. The van der Waals surface area contributed by atoms with E-state index in [4.69, 9.17) is 27.9 Å². The van der Waals surface area contributed by atoms with Gasteiger partial charge < -0.3 is 14.7 Å². The van der Waals surface area contributed by atoms with Crippen molar-refractivity contribution in [1.29, 1.82) is 0 Å². The third kappa shape index (κ3) is 5.17. The number of nitrogens with zero attached hydrogens (tertiary/aromatic N) is 2. The first-order valence-corrected chi connectivity index (χ1v) is 12.9. The highest BCUT2D eigenvalue weighted by Gasteiger charge is 2.47. The van der Waals surface area contributed by atoms with Crippen LogP contribution < -0.4 is 14.5 Å². The molecule has 1 saturated heterocycles. The lowest BCUT2D eigenvalue weighted by atomic mass is 9.94. The average molecular weight is 539 g/mol. The zero-order chi connectivity index (χ0) is 26.7. The fourth-order valence-electron chi connectivity index (χ4n) is 4.54. The van der Waals surface area contributed by atoms with Crippen LogP contribution in [0.2, 0.25) is 10.0 Å². The van der Waals surface area contributed by atoms with Crippen LogP contribution in [0.5, 0.6) is 5.75 Å². The summed E-state index contributed by atoms with van der Waals surface area (Å²) in [5.41, 5.74) is 2.52. The predicted molar refractivity (Wildman–Crippen MR) is 149 cm³/mol. The van der Waals surface area contributed by atoms with Crippen molar-refractivity contribution in [3.63, 3.8) is 0 Å². The number of benzene rings is 3. The number of halogens is 2. The largest absolute Gasteiger partial charge is 0.507 e. The summed E-state index contributed by atoms with van der Waals surface area (Å²) < 4.78 is 5.56. The number of carbonyl (C=O) groups excluding carboxylic acids is 2. The number of Topliss-reactive ketones (excluding diaryl/α,β-unsaturated/α-hetero) is 1. The fourth-order valence-corrected chi connectivity index (χ4v) is 4.84. The minimum atomic E-state index is -0.849. The number of aliphatic hydroxyl groups is 1. The van der Waals surface area contributed by atoms with Gasteiger partial charge in [0, 0.05) is 35.1 Å². The van der Waals surface area contributed by atoms with E-state index in [1.165, 1.54) is 4.90 Å². The van der Waals surface area contributed by atoms with Crippen LogP contribution >= 0.6 is 23.2 Å². The first-order valence-electron chi connectivity index (χ1n) is 12.1. The Morgan fingerprint density at radius 3 is 2.19 bits per heavy atom. The van der Waals surface area contributed by atoms with Crippen LogP contribution in [0.25, 0.3) is 5.76 Å². The van der Waals surface area contributed by atoms with Gasteiger partial charge in [0.15, 0.2) is 0 Å². The molecule has 3 aromatic carbocycles. The molecule has 192 valence electrons. The summed E-state index contributed by atoms with van der Waals surface area (Å²) in [5.74, 6) is -1.44. The van der Waals surface area contributed by atoms with Gasteiger partial charge in [0.05, 0.1) is 23.2 Å².